The molecule has 1 aromatic heterocycles. The average Bonchev–Trinajstić information content (AvgIpc) is 3.17. The summed E-state index contributed by atoms with van der Waals surface area (Å²) < 4.78 is 21.1. The Morgan fingerprint density at radius 3 is 3.00 bits per heavy atom. The fourth-order valence-electron chi connectivity index (χ4n) is 3.55. The monoisotopic (exact) mass is 367 g/mol. The molecule has 9 nitrogen and oxygen atoms in total. The first-order chi connectivity index (χ1) is 12.5. The van der Waals surface area contributed by atoms with Gasteiger partial charge in [-0.15, -0.1) is 0 Å². The molecule has 3 rings (SSSR count). The fraction of sp³-hybridized carbons (Fsp3) is 0.500. The van der Waals surface area contributed by atoms with Crippen LogP contribution in [0.25, 0.3) is 10.9 Å². The lowest BCUT2D eigenvalue weighted by Crippen LogP contribution is -2.36. The number of fused-ring (bicyclic) bond motifs is 1. The normalized spacial score (nSPS) is 20.0. The molecule has 1 amide bonds. The summed E-state index contributed by atoms with van der Waals surface area (Å²) in [4.78, 5) is 12.7. The smallest absolute Gasteiger partial charge is 0.404 e. The van der Waals surface area contributed by atoms with Gasteiger partial charge >= 0.3 is 6.09 Å². The molecule has 0 spiro atoms. The molecule has 1 aliphatic rings. The number of benzene rings is 1. The molecule has 10 heteroatoms. The second kappa shape index (κ2) is 7.34. The van der Waals surface area contributed by atoms with Gasteiger partial charge in [0.15, 0.2) is 5.82 Å². The number of amides is 1. The minimum Gasteiger partial charge on any atom is -0.465 e. The van der Waals surface area contributed by atoms with Gasteiger partial charge in [0, 0.05) is 25.1 Å². The molecule has 0 saturated carbocycles. The quantitative estimate of drug-likeness (QED) is 0.551. The van der Waals surface area contributed by atoms with E-state index in [2.05, 4.69) is 10.4 Å². The molecule has 0 aliphatic carbocycles. The molecule has 1 saturated heterocycles. The summed E-state index contributed by atoms with van der Waals surface area (Å²) in [5.41, 5.74) is 7.15. The topological polar surface area (TPSA) is 126 Å². The highest BCUT2D eigenvalue weighted by Crippen LogP contribution is 2.38. The molecule has 142 valence electrons. The van der Waals surface area contributed by atoms with E-state index in [1.165, 1.54) is 16.9 Å². The molecule has 1 aliphatic heterocycles. The van der Waals surface area contributed by atoms with E-state index in [0.29, 0.717) is 42.7 Å². The number of hydrogen-bond acceptors (Lipinski definition) is 6. The lowest BCUT2D eigenvalue weighted by Gasteiger charge is -2.27. The standard InChI is InChI=1S/C16H22FN5O4/c1-26-3-2-22-14-11(6-19-22)15(13(18)5-12(14)17)21-7-9(20-16(24)25)4-10(21)8-23/h5-6,9-10,20,23H,2-4,7-8,18H2,1H3,(H,24,25)/t9-,10-/m0/s1. The molecule has 0 radical (unpaired) electrons. The van der Waals surface area contributed by atoms with Crippen molar-refractivity contribution < 1.29 is 24.1 Å². The van der Waals surface area contributed by atoms with Crippen molar-refractivity contribution in [2.24, 2.45) is 0 Å². The first-order valence-electron chi connectivity index (χ1n) is 8.25. The van der Waals surface area contributed by atoms with E-state index < -0.39 is 11.9 Å². The molecule has 26 heavy (non-hydrogen) atoms. The molecule has 2 atom stereocenters. The summed E-state index contributed by atoms with van der Waals surface area (Å²) in [6, 6.07) is 0.549. The third-order valence-corrected chi connectivity index (χ3v) is 4.62. The predicted molar refractivity (Wildman–Crippen MR) is 93.8 cm³/mol. The van der Waals surface area contributed by atoms with Gasteiger partial charge < -0.3 is 30.9 Å². The number of nitrogen functional groups attached to an aromatic ring is 1. The van der Waals surface area contributed by atoms with Crippen LogP contribution in [0.2, 0.25) is 0 Å². The maximum atomic E-state index is 14.5. The summed E-state index contributed by atoms with van der Waals surface area (Å²) in [5.74, 6) is -0.491. The maximum Gasteiger partial charge on any atom is 0.404 e. The van der Waals surface area contributed by atoms with E-state index in [1.807, 2.05) is 4.90 Å². The van der Waals surface area contributed by atoms with Crippen LogP contribution in [0.3, 0.4) is 0 Å². The number of rotatable bonds is 6. The molecule has 1 aromatic carbocycles. The third kappa shape index (κ3) is 3.25. The zero-order valence-electron chi connectivity index (χ0n) is 14.4. The minimum absolute atomic E-state index is 0.173. The summed E-state index contributed by atoms with van der Waals surface area (Å²) in [6.07, 6.45) is 0.837. The van der Waals surface area contributed by atoms with Crippen molar-refractivity contribution in [3.63, 3.8) is 0 Å². The van der Waals surface area contributed by atoms with Gasteiger partial charge in [0.2, 0.25) is 0 Å². The van der Waals surface area contributed by atoms with Crippen molar-refractivity contribution in [1.29, 1.82) is 0 Å². The molecule has 2 heterocycles. The summed E-state index contributed by atoms with van der Waals surface area (Å²) in [5, 5.41) is 25.8. The lowest BCUT2D eigenvalue weighted by atomic mass is 10.1. The largest absolute Gasteiger partial charge is 0.465 e. The third-order valence-electron chi connectivity index (χ3n) is 4.62. The van der Waals surface area contributed by atoms with Crippen molar-refractivity contribution in [3.8, 4) is 0 Å². The average molecular weight is 367 g/mol. The SMILES string of the molecule is COCCn1ncc2c(N3C[C@@H](NC(=O)O)C[C@H]3CO)c(N)cc(F)c21. The second-order valence-corrected chi connectivity index (χ2v) is 6.29. The Labute approximate surface area is 149 Å². The number of halogens is 1. The van der Waals surface area contributed by atoms with Gasteiger partial charge in [-0.05, 0) is 6.42 Å². The number of carbonyl (C=O) groups is 1. The number of nitrogens with one attached hydrogen (secondary N) is 1. The van der Waals surface area contributed by atoms with Crippen LogP contribution >= 0.6 is 0 Å². The first kappa shape index (κ1) is 18.2. The van der Waals surface area contributed by atoms with Gasteiger partial charge in [-0.2, -0.15) is 5.10 Å². The van der Waals surface area contributed by atoms with Crippen molar-refractivity contribution >= 4 is 28.4 Å². The summed E-state index contributed by atoms with van der Waals surface area (Å²) in [6.45, 7) is 0.913. The summed E-state index contributed by atoms with van der Waals surface area (Å²) >= 11 is 0. The van der Waals surface area contributed by atoms with Gasteiger partial charge in [0.25, 0.3) is 0 Å². The highest BCUT2D eigenvalue weighted by molar-refractivity contribution is 5.99. The number of aliphatic hydroxyl groups is 1. The number of anilines is 2. The van der Waals surface area contributed by atoms with Crippen LogP contribution in [0, 0.1) is 5.82 Å². The summed E-state index contributed by atoms with van der Waals surface area (Å²) in [7, 11) is 1.55. The first-order valence-corrected chi connectivity index (χ1v) is 8.25. The lowest BCUT2D eigenvalue weighted by molar-refractivity contribution is 0.184. The number of methoxy groups -OCH3 is 1. The van der Waals surface area contributed by atoms with Gasteiger partial charge in [-0.1, -0.05) is 0 Å². The molecule has 0 bridgehead atoms. The Morgan fingerprint density at radius 1 is 1.58 bits per heavy atom. The number of ether oxygens (including phenoxy) is 1. The van der Waals surface area contributed by atoms with E-state index in [4.69, 9.17) is 15.6 Å². The van der Waals surface area contributed by atoms with Crippen molar-refractivity contribution in [1.82, 2.24) is 15.1 Å². The van der Waals surface area contributed by atoms with E-state index in [1.54, 1.807) is 7.11 Å². The van der Waals surface area contributed by atoms with E-state index in [-0.39, 0.29) is 24.4 Å². The van der Waals surface area contributed by atoms with Crippen LogP contribution < -0.4 is 16.0 Å². The van der Waals surface area contributed by atoms with Gasteiger partial charge in [-0.25, -0.2) is 9.18 Å². The Bertz CT molecular complexity index is 812. The van der Waals surface area contributed by atoms with E-state index in [0.717, 1.165) is 0 Å². The molecule has 0 unspecified atom stereocenters. The van der Waals surface area contributed by atoms with Crippen LogP contribution in [0.5, 0.6) is 0 Å². The minimum atomic E-state index is -1.13. The van der Waals surface area contributed by atoms with Gasteiger partial charge in [-0.3, -0.25) is 4.68 Å². The Morgan fingerprint density at radius 2 is 2.35 bits per heavy atom. The van der Waals surface area contributed by atoms with Crippen molar-refractivity contribution in [3.05, 3.63) is 18.1 Å². The van der Waals surface area contributed by atoms with Crippen LogP contribution in [0.4, 0.5) is 20.6 Å². The van der Waals surface area contributed by atoms with Crippen molar-refractivity contribution in [2.75, 3.05) is 37.5 Å². The van der Waals surface area contributed by atoms with E-state index in [9.17, 15) is 14.3 Å². The fourth-order valence-corrected chi connectivity index (χ4v) is 3.55. The number of aliphatic hydroxyl groups excluding tert-OH is 1. The zero-order valence-corrected chi connectivity index (χ0v) is 14.4. The molecule has 1 fully saturated rings. The molecule has 5 N–H and O–H groups in total. The van der Waals surface area contributed by atoms with Crippen molar-refractivity contribution in [2.45, 2.75) is 25.0 Å². The Balaban J connectivity index is 2.03. The highest BCUT2D eigenvalue weighted by Gasteiger charge is 2.35. The number of hydrogen-bond donors (Lipinski definition) is 4. The Hall–Kier alpha value is -2.59. The maximum absolute atomic E-state index is 14.5. The van der Waals surface area contributed by atoms with Gasteiger partial charge in [0.1, 0.15) is 5.52 Å². The number of nitrogens with zero attached hydrogens (tertiary/aromatic N) is 3. The van der Waals surface area contributed by atoms with E-state index >= 15 is 0 Å². The van der Waals surface area contributed by atoms with Crippen LogP contribution in [0.15, 0.2) is 12.3 Å². The zero-order chi connectivity index (χ0) is 18.8. The Kier molecular flexibility index (Phi) is 5.14. The van der Waals surface area contributed by atoms with Crippen LogP contribution in [0.1, 0.15) is 6.42 Å². The molecular weight excluding hydrogens is 345 g/mol. The van der Waals surface area contributed by atoms with Crippen LogP contribution in [-0.4, -0.2) is 65.0 Å². The number of carboxylic acid groups (broad SMARTS) is 1. The predicted octanol–water partition coefficient (Wildman–Crippen LogP) is 0.611. The number of aromatic nitrogens is 2. The highest BCUT2D eigenvalue weighted by atomic mass is 19.1. The second-order valence-electron chi connectivity index (χ2n) is 6.29. The molecular formula is C16H22FN5O4. The number of nitrogens with two attached hydrogens (primary N) is 1. The van der Waals surface area contributed by atoms with Crippen LogP contribution in [-0.2, 0) is 11.3 Å². The molecule has 2 aromatic rings. The van der Waals surface area contributed by atoms with Gasteiger partial charge in [0.05, 0.1) is 49.4 Å².